The lowest BCUT2D eigenvalue weighted by Crippen LogP contribution is -2.30. The molecule has 0 radical (unpaired) electrons. The molecule has 6 nitrogen and oxygen atoms in total. The summed E-state index contributed by atoms with van der Waals surface area (Å²) in [6, 6.07) is 0. The summed E-state index contributed by atoms with van der Waals surface area (Å²) in [5.74, 6) is -1.01. The van der Waals surface area contributed by atoms with Gasteiger partial charge in [-0.15, -0.1) is 0 Å². The molecular weight excluding hydrogens is 973 g/mol. The predicted octanol–water partition coefficient (Wildman–Crippen LogP) is 22.5. The fraction of sp³-hybridized carbons (Fsp3) is 0.658. The molecule has 0 rings (SSSR count). The van der Waals surface area contributed by atoms with Crippen molar-refractivity contribution in [2.24, 2.45) is 0 Å². The van der Waals surface area contributed by atoms with Crippen molar-refractivity contribution in [2.45, 2.75) is 297 Å². The van der Waals surface area contributed by atoms with E-state index in [9.17, 15) is 14.4 Å². The van der Waals surface area contributed by atoms with Crippen molar-refractivity contribution in [1.82, 2.24) is 0 Å². The normalized spacial score (nSPS) is 13.0. The largest absolute Gasteiger partial charge is 0.462 e. The lowest BCUT2D eigenvalue weighted by atomic mass is 10.0. The summed E-state index contributed by atoms with van der Waals surface area (Å²) in [5.41, 5.74) is 0. The van der Waals surface area contributed by atoms with Gasteiger partial charge in [-0.3, -0.25) is 14.4 Å². The highest BCUT2D eigenvalue weighted by molar-refractivity contribution is 5.71. The summed E-state index contributed by atoms with van der Waals surface area (Å²) in [4.78, 5) is 38.3. The molecule has 0 amide bonds. The summed E-state index contributed by atoms with van der Waals surface area (Å²) in [7, 11) is 0. The molecule has 0 heterocycles. The minimum atomic E-state index is -0.830. The van der Waals surface area contributed by atoms with Crippen LogP contribution in [-0.2, 0) is 28.6 Å². The zero-order valence-electron chi connectivity index (χ0n) is 51.3. The van der Waals surface area contributed by atoms with E-state index < -0.39 is 12.1 Å². The minimum Gasteiger partial charge on any atom is -0.462 e. The summed E-state index contributed by atoms with van der Waals surface area (Å²) < 4.78 is 16.8. The van der Waals surface area contributed by atoms with E-state index in [1.54, 1.807) is 0 Å². The van der Waals surface area contributed by atoms with Crippen LogP contribution < -0.4 is 0 Å². The Bertz CT molecular complexity index is 1680. The van der Waals surface area contributed by atoms with Crippen LogP contribution in [0.15, 0.2) is 134 Å². The van der Waals surface area contributed by atoms with E-state index >= 15 is 0 Å². The first-order valence-corrected chi connectivity index (χ1v) is 32.7. The maximum Gasteiger partial charge on any atom is 0.306 e. The molecule has 0 fully saturated rings. The first-order valence-electron chi connectivity index (χ1n) is 32.7. The Labute approximate surface area is 487 Å². The first kappa shape index (κ1) is 74.5. The molecule has 0 aliphatic rings. The number of allylic oxidation sites excluding steroid dienone is 22. The Morgan fingerprint density at radius 1 is 0.266 bits per heavy atom. The van der Waals surface area contributed by atoms with Gasteiger partial charge in [-0.1, -0.05) is 283 Å². The van der Waals surface area contributed by atoms with E-state index in [1.807, 2.05) is 6.08 Å². The van der Waals surface area contributed by atoms with Gasteiger partial charge in [0.15, 0.2) is 6.10 Å². The molecule has 1 atom stereocenters. The van der Waals surface area contributed by atoms with E-state index in [1.165, 1.54) is 122 Å². The molecule has 0 aliphatic carbocycles. The smallest absolute Gasteiger partial charge is 0.306 e. The number of hydrogen-bond acceptors (Lipinski definition) is 6. The highest BCUT2D eigenvalue weighted by atomic mass is 16.6. The van der Waals surface area contributed by atoms with Crippen LogP contribution in [0.3, 0.4) is 0 Å². The SMILES string of the molecule is CC/C=C\C/C=C\C/C=C\C/C=C\C/C=C\C/C=C\CCC(=O)OC(COC(=O)CCCCCCC/C=C\C/C=C\CCC)COC(=O)CCCCCCCCCCCCCCCC/C=C\C/C=C\C/C=C\CCCCCCC. The van der Waals surface area contributed by atoms with E-state index in [0.29, 0.717) is 19.3 Å². The summed E-state index contributed by atoms with van der Waals surface area (Å²) in [6.07, 6.45) is 93.4. The number of unbranched alkanes of at least 4 members (excludes halogenated alkanes) is 25. The van der Waals surface area contributed by atoms with Crippen LogP contribution in [-0.4, -0.2) is 37.2 Å². The Morgan fingerprint density at radius 3 is 0.873 bits per heavy atom. The molecule has 6 heteroatoms. The molecule has 0 saturated heterocycles. The Balaban J connectivity index is 4.36. The monoisotopic (exact) mass is 1090 g/mol. The standard InChI is InChI=1S/C73H120O6/c1-4-7-10-13-16-19-22-25-27-29-31-32-33-34-35-36-37-38-39-40-42-43-45-48-51-54-57-60-63-66-72(75)78-69-70(68-77-71(74)65-62-59-56-53-50-47-24-21-18-15-12-9-6-3)79-73(76)67-64-61-58-55-52-49-46-44-41-30-28-26-23-20-17-14-11-8-5-2/h8,11-12,15,17,20-22,24-26,28-29,31,33-34,41,44,49,52,58,61,70H,4-7,9-10,13-14,16,18-19,23,27,30,32,35-40,42-43,45-48,50-51,53-57,59-60,62-69H2,1-3H3/b11-8-,15-12-,20-17-,24-21-,25-22-,28-26-,31-29-,34-33-,44-41-,52-49-,61-58-. The van der Waals surface area contributed by atoms with Gasteiger partial charge < -0.3 is 14.2 Å². The molecular formula is C73H120O6. The zero-order valence-corrected chi connectivity index (χ0v) is 51.3. The van der Waals surface area contributed by atoms with Gasteiger partial charge in [0.25, 0.3) is 0 Å². The van der Waals surface area contributed by atoms with Gasteiger partial charge in [0, 0.05) is 19.3 Å². The number of hydrogen-bond donors (Lipinski definition) is 0. The lowest BCUT2D eigenvalue weighted by Gasteiger charge is -2.18. The van der Waals surface area contributed by atoms with Crippen LogP contribution in [0.4, 0.5) is 0 Å². The van der Waals surface area contributed by atoms with E-state index in [4.69, 9.17) is 14.2 Å². The topological polar surface area (TPSA) is 78.9 Å². The number of esters is 3. The second kappa shape index (κ2) is 66.1. The van der Waals surface area contributed by atoms with Crippen LogP contribution in [0.1, 0.15) is 290 Å². The van der Waals surface area contributed by atoms with Crippen LogP contribution in [0.2, 0.25) is 0 Å². The quantitative estimate of drug-likeness (QED) is 0.0261. The summed E-state index contributed by atoms with van der Waals surface area (Å²) >= 11 is 0. The maximum atomic E-state index is 12.9. The third-order valence-electron chi connectivity index (χ3n) is 13.6. The minimum absolute atomic E-state index is 0.116. The Kier molecular flexibility index (Phi) is 62.3. The number of ether oxygens (including phenoxy) is 3. The highest BCUT2D eigenvalue weighted by Gasteiger charge is 2.19. The van der Waals surface area contributed by atoms with Crippen molar-refractivity contribution in [1.29, 1.82) is 0 Å². The third-order valence-corrected chi connectivity index (χ3v) is 13.6. The second-order valence-corrected chi connectivity index (χ2v) is 21.3. The summed E-state index contributed by atoms with van der Waals surface area (Å²) in [5, 5.41) is 0. The van der Waals surface area contributed by atoms with Crippen LogP contribution in [0.5, 0.6) is 0 Å². The van der Waals surface area contributed by atoms with Gasteiger partial charge in [-0.25, -0.2) is 0 Å². The van der Waals surface area contributed by atoms with E-state index in [0.717, 1.165) is 122 Å². The summed E-state index contributed by atoms with van der Waals surface area (Å²) in [6.45, 7) is 6.38. The molecule has 0 aromatic heterocycles. The van der Waals surface area contributed by atoms with E-state index in [-0.39, 0.29) is 31.6 Å². The van der Waals surface area contributed by atoms with Crippen molar-refractivity contribution in [3.8, 4) is 0 Å². The molecule has 0 saturated carbocycles. The van der Waals surface area contributed by atoms with Crippen LogP contribution in [0, 0.1) is 0 Å². The van der Waals surface area contributed by atoms with Crippen molar-refractivity contribution in [3.63, 3.8) is 0 Å². The molecule has 448 valence electrons. The van der Waals surface area contributed by atoms with Gasteiger partial charge in [0.05, 0.1) is 0 Å². The fourth-order valence-electron chi connectivity index (χ4n) is 8.75. The van der Waals surface area contributed by atoms with Crippen molar-refractivity contribution in [3.05, 3.63) is 134 Å². The second-order valence-electron chi connectivity index (χ2n) is 21.3. The average Bonchev–Trinajstić information content (AvgIpc) is 3.45. The van der Waals surface area contributed by atoms with E-state index in [2.05, 4.69) is 148 Å². The van der Waals surface area contributed by atoms with Gasteiger partial charge in [-0.2, -0.15) is 0 Å². The Morgan fingerprint density at radius 2 is 0.544 bits per heavy atom. The molecule has 1 unspecified atom stereocenters. The number of carbonyl (C=O) groups excluding carboxylic acids is 3. The van der Waals surface area contributed by atoms with Gasteiger partial charge in [-0.05, 0) is 122 Å². The molecule has 0 bridgehead atoms. The highest BCUT2D eigenvalue weighted by Crippen LogP contribution is 2.16. The van der Waals surface area contributed by atoms with Gasteiger partial charge in [0.1, 0.15) is 13.2 Å². The fourth-order valence-corrected chi connectivity index (χ4v) is 8.75. The van der Waals surface area contributed by atoms with Gasteiger partial charge >= 0.3 is 17.9 Å². The van der Waals surface area contributed by atoms with Crippen molar-refractivity contribution in [2.75, 3.05) is 13.2 Å². The molecule has 0 N–H and O–H groups in total. The molecule has 0 aliphatic heterocycles. The molecule has 0 spiro atoms. The predicted molar refractivity (Wildman–Crippen MR) is 343 cm³/mol. The molecule has 79 heavy (non-hydrogen) atoms. The average molecular weight is 1090 g/mol. The zero-order chi connectivity index (χ0) is 57.1. The first-order chi connectivity index (χ1) is 39.0. The number of rotatable bonds is 58. The maximum absolute atomic E-state index is 12.9. The van der Waals surface area contributed by atoms with Crippen molar-refractivity contribution < 1.29 is 28.6 Å². The Hall–Kier alpha value is -4.45. The van der Waals surface area contributed by atoms with Gasteiger partial charge in [0.2, 0.25) is 0 Å². The van der Waals surface area contributed by atoms with Crippen LogP contribution >= 0.6 is 0 Å². The lowest BCUT2D eigenvalue weighted by molar-refractivity contribution is -0.166. The molecule has 0 aromatic rings. The van der Waals surface area contributed by atoms with Crippen molar-refractivity contribution >= 4 is 17.9 Å². The molecule has 0 aromatic carbocycles. The number of carbonyl (C=O) groups is 3. The van der Waals surface area contributed by atoms with Crippen LogP contribution in [0.25, 0.3) is 0 Å². The third kappa shape index (κ3) is 64.3.